The summed E-state index contributed by atoms with van der Waals surface area (Å²) in [5, 5.41) is 3.01. The number of hydrogen-bond donors (Lipinski definition) is 1. The van der Waals surface area contributed by atoms with Crippen LogP contribution in [-0.4, -0.2) is 34.6 Å². The van der Waals surface area contributed by atoms with Crippen molar-refractivity contribution in [2.45, 2.75) is 46.7 Å². The number of fused-ring (bicyclic) bond motifs is 1. The molecule has 0 fully saturated rings. The van der Waals surface area contributed by atoms with Crippen molar-refractivity contribution in [1.29, 1.82) is 0 Å². The van der Waals surface area contributed by atoms with Crippen LogP contribution in [0.1, 0.15) is 43.2 Å². The van der Waals surface area contributed by atoms with Crippen LogP contribution in [0.25, 0.3) is 11.0 Å². The van der Waals surface area contributed by atoms with Crippen LogP contribution in [0.5, 0.6) is 0 Å². The van der Waals surface area contributed by atoms with Crippen LogP contribution < -0.4 is 10.7 Å². The molecule has 0 aliphatic carbocycles. The molecule has 2 rings (SSSR count). The van der Waals surface area contributed by atoms with E-state index in [2.05, 4.69) is 10.3 Å². The van der Waals surface area contributed by atoms with Crippen molar-refractivity contribution >= 4 is 22.9 Å². The van der Waals surface area contributed by atoms with Gasteiger partial charge < -0.3 is 14.6 Å². The van der Waals surface area contributed by atoms with Gasteiger partial charge in [0, 0.05) is 18.4 Å². The van der Waals surface area contributed by atoms with Gasteiger partial charge in [0.2, 0.25) is 5.43 Å². The van der Waals surface area contributed by atoms with E-state index >= 15 is 0 Å². The summed E-state index contributed by atoms with van der Waals surface area (Å²) < 4.78 is 6.52. The molecular formula is C19H25N3O4. The van der Waals surface area contributed by atoms with Gasteiger partial charge in [0.1, 0.15) is 17.3 Å². The number of pyridine rings is 2. The second kappa shape index (κ2) is 8.12. The predicted octanol–water partition coefficient (Wildman–Crippen LogP) is 2.04. The molecule has 2 aromatic rings. The third kappa shape index (κ3) is 4.09. The number of hydrogen-bond acceptors (Lipinski definition) is 5. The van der Waals surface area contributed by atoms with Crippen molar-refractivity contribution in [3.05, 3.63) is 39.8 Å². The summed E-state index contributed by atoms with van der Waals surface area (Å²) in [7, 11) is 1.27. The number of amides is 1. The Morgan fingerprint density at radius 2 is 2.00 bits per heavy atom. The number of nitrogens with one attached hydrogen (secondary N) is 1. The second-order valence-electron chi connectivity index (χ2n) is 6.66. The van der Waals surface area contributed by atoms with Gasteiger partial charge in [0.05, 0.1) is 12.5 Å². The maximum Gasteiger partial charge on any atom is 0.328 e. The SMILES string of the molecule is CCn1cc(C(=O)NC(CC(C)C)C(=O)OC)c(=O)c2ccc(C)nc21. The third-order valence-corrected chi connectivity index (χ3v) is 4.14. The van der Waals surface area contributed by atoms with E-state index in [0.29, 0.717) is 24.0 Å². The van der Waals surface area contributed by atoms with Crippen LogP contribution in [0.15, 0.2) is 23.1 Å². The van der Waals surface area contributed by atoms with Gasteiger partial charge >= 0.3 is 5.97 Å². The van der Waals surface area contributed by atoms with Gasteiger partial charge in [-0.15, -0.1) is 0 Å². The highest BCUT2D eigenvalue weighted by atomic mass is 16.5. The number of methoxy groups -OCH3 is 1. The first kappa shape index (κ1) is 19.6. The number of esters is 1. The monoisotopic (exact) mass is 359 g/mol. The first-order chi connectivity index (χ1) is 12.3. The summed E-state index contributed by atoms with van der Waals surface area (Å²) in [6.45, 7) is 8.19. The largest absolute Gasteiger partial charge is 0.467 e. The van der Waals surface area contributed by atoms with Crippen molar-refractivity contribution in [1.82, 2.24) is 14.9 Å². The molecule has 0 spiro atoms. The minimum atomic E-state index is -0.797. The van der Waals surface area contributed by atoms with E-state index in [9.17, 15) is 14.4 Å². The maximum absolute atomic E-state index is 12.8. The van der Waals surface area contributed by atoms with Crippen molar-refractivity contribution in [3.8, 4) is 0 Å². The molecule has 1 atom stereocenters. The highest BCUT2D eigenvalue weighted by Crippen LogP contribution is 2.12. The molecular weight excluding hydrogens is 334 g/mol. The van der Waals surface area contributed by atoms with Crippen LogP contribution in [0.3, 0.4) is 0 Å². The number of nitrogens with zero attached hydrogens (tertiary/aromatic N) is 2. The lowest BCUT2D eigenvalue weighted by Gasteiger charge is -2.18. The molecule has 0 radical (unpaired) electrons. The van der Waals surface area contributed by atoms with Crippen molar-refractivity contribution in [2.24, 2.45) is 5.92 Å². The Balaban J connectivity index is 2.46. The lowest BCUT2D eigenvalue weighted by atomic mass is 10.0. The fourth-order valence-electron chi connectivity index (χ4n) is 2.83. The lowest BCUT2D eigenvalue weighted by molar-refractivity contribution is -0.143. The number of aryl methyl sites for hydroxylation is 2. The molecule has 1 amide bonds. The highest BCUT2D eigenvalue weighted by molar-refractivity contribution is 5.98. The molecule has 0 saturated heterocycles. The molecule has 1 unspecified atom stereocenters. The number of carbonyl (C=O) groups is 2. The number of rotatable bonds is 6. The second-order valence-corrected chi connectivity index (χ2v) is 6.66. The zero-order chi connectivity index (χ0) is 19.4. The first-order valence-electron chi connectivity index (χ1n) is 8.68. The minimum Gasteiger partial charge on any atom is -0.467 e. The predicted molar refractivity (Wildman–Crippen MR) is 99.1 cm³/mol. The molecule has 0 aliphatic rings. The van der Waals surface area contributed by atoms with E-state index < -0.39 is 23.3 Å². The molecule has 7 heteroatoms. The van der Waals surface area contributed by atoms with Gasteiger partial charge in [-0.2, -0.15) is 0 Å². The Labute approximate surface area is 152 Å². The van der Waals surface area contributed by atoms with Gasteiger partial charge in [-0.05, 0) is 38.3 Å². The standard InChI is InChI=1S/C19H25N3O4/c1-6-22-10-14(16(23)13-8-7-12(4)20-17(13)22)18(24)21-15(9-11(2)3)19(25)26-5/h7-8,10-11,15H,6,9H2,1-5H3,(H,21,24). The van der Waals surface area contributed by atoms with E-state index in [1.54, 1.807) is 16.7 Å². The van der Waals surface area contributed by atoms with Crippen LogP contribution >= 0.6 is 0 Å². The fraction of sp³-hybridized carbons (Fsp3) is 0.474. The van der Waals surface area contributed by atoms with Gasteiger partial charge in [-0.1, -0.05) is 13.8 Å². The quantitative estimate of drug-likeness (QED) is 0.797. The summed E-state index contributed by atoms with van der Waals surface area (Å²) in [6.07, 6.45) is 1.92. The van der Waals surface area contributed by atoms with Gasteiger partial charge in [0.25, 0.3) is 5.91 Å². The molecule has 7 nitrogen and oxygen atoms in total. The third-order valence-electron chi connectivity index (χ3n) is 4.14. The van der Waals surface area contributed by atoms with E-state index in [1.807, 2.05) is 27.7 Å². The molecule has 0 aromatic carbocycles. The Bertz CT molecular complexity index is 886. The molecule has 0 bridgehead atoms. The van der Waals surface area contributed by atoms with Gasteiger partial charge in [-0.3, -0.25) is 9.59 Å². The maximum atomic E-state index is 12.8. The topological polar surface area (TPSA) is 90.3 Å². The zero-order valence-corrected chi connectivity index (χ0v) is 15.8. The number of carbonyl (C=O) groups excluding carboxylic acids is 2. The number of ether oxygens (including phenoxy) is 1. The van der Waals surface area contributed by atoms with Gasteiger partial charge in [-0.25, -0.2) is 9.78 Å². The highest BCUT2D eigenvalue weighted by Gasteiger charge is 2.25. The smallest absolute Gasteiger partial charge is 0.328 e. The summed E-state index contributed by atoms with van der Waals surface area (Å²) in [6, 6.07) is 2.62. The van der Waals surface area contributed by atoms with E-state index in [0.717, 1.165) is 5.69 Å². The molecule has 2 aromatic heterocycles. The summed E-state index contributed by atoms with van der Waals surface area (Å²) in [5.41, 5.74) is 0.922. The van der Waals surface area contributed by atoms with Crippen LogP contribution in [0.2, 0.25) is 0 Å². The van der Waals surface area contributed by atoms with Crippen LogP contribution in [0.4, 0.5) is 0 Å². The lowest BCUT2D eigenvalue weighted by Crippen LogP contribution is -2.43. The Kier molecular flexibility index (Phi) is 6.13. The Hall–Kier alpha value is -2.70. The van der Waals surface area contributed by atoms with Crippen molar-refractivity contribution in [2.75, 3.05) is 7.11 Å². The molecule has 140 valence electrons. The summed E-state index contributed by atoms with van der Waals surface area (Å²) in [4.78, 5) is 41.8. The van der Waals surface area contributed by atoms with Crippen LogP contribution in [-0.2, 0) is 16.1 Å². The molecule has 1 N–H and O–H groups in total. The number of aromatic nitrogens is 2. The first-order valence-corrected chi connectivity index (χ1v) is 8.68. The van der Waals surface area contributed by atoms with Crippen LogP contribution in [0, 0.1) is 12.8 Å². The molecule has 0 aliphatic heterocycles. The van der Waals surface area contributed by atoms with E-state index in [-0.39, 0.29) is 11.5 Å². The zero-order valence-electron chi connectivity index (χ0n) is 15.8. The molecule has 2 heterocycles. The Morgan fingerprint density at radius 1 is 1.31 bits per heavy atom. The minimum absolute atomic E-state index is 0.0114. The van der Waals surface area contributed by atoms with Crippen molar-refractivity contribution in [3.63, 3.8) is 0 Å². The average Bonchev–Trinajstić information content (AvgIpc) is 2.60. The summed E-state index contributed by atoms with van der Waals surface area (Å²) in [5.74, 6) is -0.938. The van der Waals surface area contributed by atoms with Gasteiger partial charge in [0.15, 0.2) is 0 Å². The van der Waals surface area contributed by atoms with E-state index in [1.165, 1.54) is 13.3 Å². The van der Waals surface area contributed by atoms with Crippen molar-refractivity contribution < 1.29 is 14.3 Å². The summed E-state index contributed by atoms with van der Waals surface area (Å²) >= 11 is 0. The average molecular weight is 359 g/mol. The molecule has 26 heavy (non-hydrogen) atoms. The Morgan fingerprint density at radius 3 is 2.58 bits per heavy atom. The normalized spacial score (nSPS) is 12.2. The fourth-order valence-corrected chi connectivity index (χ4v) is 2.83. The molecule has 0 saturated carbocycles. The van der Waals surface area contributed by atoms with E-state index in [4.69, 9.17) is 4.74 Å².